The Morgan fingerprint density at radius 2 is 1.56 bits per heavy atom. The molecule has 2 unspecified atom stereocenters. The molecule has 182 valence electrons. The second-order valence-electron chi connectivity index (χ2n) is 8.34. The molecule has 2 aromatic rings. The maximum absolute atomic E-state index is 4.94. The molecule has 2 atom stereocenters. The van der Waals surface area contributed by atoms with Gasteiger partial charge in [0.25, 0.3) is 0 Å². The molecule has 2 aromatic heterocycles. The molecule has 0 aliphatic carbocycles. The van der Waals surface area contributed by atoms with E-state index in [0.717, 1.165) is 24.4 Å². The molecule has 2 aliphatic rings. The van der Waals surface area contributed by atoms with Crippen LogP contribution < -0.4 is 16.0 Å². The Morgan fingerprint density at radius 3 is 2.18 bits per heavy atom. The van der Waals surface area contributed by atoms with Crippen molar-refractivity contribution < 1.29 is 0 Å². The molecular weight excluding hydrogens is 468 g/mol. The molecule has 0 saturated carbocycles. The van der Waals surface area contributed by atoms with Gasteiger partial charge in [0, 0.05) is 41.3 Å². The smallest absolute Gasteiger partial charge is 0.203 e. The third kappa shape index (κ3) is 6.06. The van der Waals surface area contributed by atoms with Crippen LogP contribution in [0.1, 0.15) is 18.1 Å². The summed E-state index contributed by atoms with van der Waals surface area (Å²) in [6.45, 7) is 4.03. The van der Waals surface area contributed by atoms with Crippen molar-refractivity contribution in [2.45, 2.75) is 32.3 Å². The van der Waals surface area contributed by atoms with Gasteiger partial charge < -0.3 is 20.0 Å². The summed E-state index contributed by atoms with van der Waals surface area (Å²) in [6, 6.07) is 4.27. The zero-order valence-electron chi connectivity index (χ0n) is 20.2. The summed E-state index contributed by atoms with van der Waals surface area (Å²) in [7, 11) is 7.85. The molecular formula is C22H32N10S2. The van der Waals surface area contributed by atoms with Gasteiger partial charge in [0.2, 0.25) is 17.9 Å². The lowest BCUT2D eigenvalue weighted by Crippen LogP contribution is -2.54. The Kier molecular flexibility index (Phi) is 7.68. The van der Waals surface area contributed by atoms with Gasteiger partial charge in [-0.15, -0.1) is 0 Å². The van der Waals surface area contributed by atoms with Crippen molar-refractivity contribution in [3.63, 3.8) is 0 Å². The van der Waals surface area contributed by atoms with Crippen molar-refractivity contribution in [3.05, 3.63) is 44.8 Å². The van der Waals surface area contributed by atoms with Crippen LogP contribution in [0.25, 0.3) is 0 Å². The Morgan fingerprint density at radius 1 is 0.882 bits per heavy atom. The number of rotatable bonds is 6. The fourth-order valence-corrected chi connectivity index (χ4v) is 4.90. The van der Waals surface area contributed by atoms with Gasteiger partial charge in [-0.2, -0.15) is 22.7 Å². The lowest BCUT2D eigenvalue weighted by Gasteiger charge is -2.34. The van der Waals surface area contributed by atoms with E-state index in [1.54, 1.807) is 22.7 Å². The van der Waals surface area contributed by atoms with E-state index in [9.17, 15) is 0 Å². The minimum absolute atomic E-state index is 0.168. The van der Waals surface area contributed by atoms with E-state index in [0.29, 0.717) is 19.0 Å². The van der Waals surface area contributed by atoms with Gasteiger partial charge in [-0.25, -0.2) is 20.0 Å². The molecule has 10 nitrogen and oxygen atoms in total. The number of guanidine groups is 4. The molecule has 0 bridgehead atoms. The largest absolute Gasteiger partial charge is 0.359 e. The first kappa shape index (κ1) is 24.0. The molecule has 0 aromatic carbocycles. The predicted molar refractivity (Wildman–Crippen MR) is 143 cm³/mol. The van der Waals surface area contributed by atoms with Crippen molar-refractivity contribution in [1.82, 2.24) is 30.7 Å². The van der Waals surface area contributed by atoms with Crippen molar-refractivity contribution in [2.24, 2.45) is 20.0 Å². The maximum Gasteiger partial charge on any atom is 0.203 e. The van der Waals surface area contributed by atoms with Gasteiger partial charge >= 0.3 is 0 Å². The average Bonchev–Trinajstić information content (AvgIpc) is 3.52. The minimum atomic E-state index is -0.302. The summed E-state index contributed by atoms with van der Waals surface area (Å²) in [4.78, 5) is 25.4. The Bertz CT molecular complexity index is 1060. The van der Waals surface area contributed by atoms with Crippen LogP contribution >= 0.6 is 22.7 Å². The van der Waals surface area contributed by atoms with Gasteiger partial charge in [0.05, 0.1) is 6.54 Å². The highest BCUT2D eigenvalue weighted by atomic mass is 32.1. The highest BCUT2D eigenvalue weighted by Gasteiger charge is 2.26. The number of nitrogens with one attached hydrogen (secondary N) is 3. The molecule has 0 radical (unpaired) electrons. The van der Waals surface area contributed by atoms with Crippen LogP contribution in [-0.4, -0.2) is 85.6 Å². The van der Waals surface area contributed by atoms with Crippen LogP contribution in [0.4, 0.5) is 0 Å². The lowest BCUT2D eigenvalue weighted by molar-refractivity contribution is 0.362. The topological polar surface area (TPSA) is 95.2 Å². The monoisotopic (exact) mass is 500 g/mol. The summed E-state index contributed by atoms with van der Waals surface area (Å²) in [5, 5.41) is 18.3. The summed E-state index contributed by atoms with van der Waals surface area (Å²) >= 11 is 3.39. The first-order chi connectivity index (χ1) is 16.4. The molecule has 2 aliphatic heterocycles. The van der Waals surface area contributed by atoms with Gasteiger partial charge in [-0.1, -0.05) is 0 Å². The van der Waals surface area contributed by atoms with E-state index >= 15 is 0 Å². The summed E-state index contributed by atoms with van der Waals surface area (Å²) in [6.07, 6.45) is -0.470. The Balaban J connectivity index is 1.56. The third-order valence-electron chi connectivity index (χ3n) is 5.28. The maximum atomic E-state index is 4.94. The number of hydrogen-bond donors (Lipinski definition) is 3. The average molecular weight is 501 g/mol. The highest BCUT2D eigenvalue weighted by molar-refractivity contribution is 7.08. The number of aliphatic imine (C=N–C) groups is 4. The normalized spacial score (nSPS) is 19.7. The van der Waals surface area contributed by atoms with Gasteiger partial charge in [0.15, 0.2) is 12.1 Å². The molecule has 4 heterocycles. The van der Waals surface area contributed by atoms with Gasteiger partial charge in [-0.3, -0.25) is 10.6 Å². The Hall–Kier alpha value is -3.12. The molecule has 0 spiro atoms. The second-order valence-corrected chi connectivity index (χ2v) is 9.90. The first-order valence-electron chi connectivity index (χ1n) is 11.1. The molecule has 34 heavy (non-hydrogen) atoms. The number of hydrogen-bond acceptors (Lipinski definition) is 12. The van der Waals surface area contributed by atoms with E-state index in [4.69, 9.17) is 15.0 Å². The van der Waals surface area contributed by atoms with Crippen molar-refractivity contribution in [1.29, 1.82) is 0 Å². The zero-order chi connectivity index (χ0) is 24.1. The van der Waals surface area contributed by atoms with Crippen LogP contribution in [0.3, 0.4) is 0 Å². The van der Waals surface area contributed by atoms with Crippen LogP contribution in [0.2, 0.25) is 0 Å². The quantitative estimate of drug-likeness (QED) is 0.560. The number of thiophene rings is 2. The molecule has 4 rings (SSSR count). The van der Waals surface area contributed by atoms with Crippen LogP contribution in [0.5, 0.6) is 0 Å². The summed E-state index contributed by atoms with van der Waals surface area (Å²) < 4.78 is 0. The molecule has 0 fully saturated rings. The number of nitrogens with zero attached hydrogens (tertiary/aromatic N) is 7. The van der Waals surface area contributed by atoms with E-state index in [2.05, 4.69) is 64.4 Å². The third-order valence-corrected chi connectivity index (χ3v) is 6.74. The van der Waals surface area contributed by atoms with E-state index in [1.807, 2.05) is 40.0 Å². The summed E-state index contributed by atoms with van der Waals surface area (Å²) in [5.41, 5.74) is 2.48. The molecule has 3 N–H and O–H groups in total. The van der Waals surface area contributed by atoms with Crippen LogP contribution in [-0.2, 0) is 13.1 Å². The summed E-state index contributed by atoms with van der Waals surface area (Å²) in [5.74, 6) is 3.05. The van der Waals surface area contributed by atoms with Crippen molar-refractivity contribution in [2.75, 3.05) is 34.7 Å². The lowest BCUT2D eigenvalue weighted by atomic mass is 10.3. The van der Waals surface area contributed by atoms with Crippen LogP contribution in [0, 0.1) is 0 Å². The molecule has 12 heteroatoms. The standard InChI is InChI=1S/C22H32N10S2/c1-15-24-20(30(3)4)29-22(25-15)32(11-17-7-9-34-14-17)12-18-26-19(23-2)28-21(27-18)31(5)10-16-6-8-33-13-16/h6-9,13-15,18H,10-12H2,1-5H3,(H,24,25,29)(H2,23,26,27,28). The van der Waals surface area contributed by atoms with E-state index < -0.39 is 0 Å². The highest BCUT2D eigenvalue weighted by Crippen LogP contribution is 2.15. The van der Waals surface area contributed by atoms with E-state index in [1.165, 1.54) is 11.1 Å². The SMILES string of the molecule is CNC1=NC(CN(Cc2ccsc2)C2=NC(C)N=C(N(C)C)N2)N=C(N(C)Cc2ccsc2)N1. The fraction of sp³-hybridized carbons (Fsp3) is 0.455. The van der Waals surface area contributed by atoms with Crippen molar-refractivity contribution >= 4 is 46.5 Å². The first-order valence-corrected chi connectivity index (χ1v) is 13.0. The zero-order valence-corrected chi connectivity index (χ0v) is 21.8. The van der Waals surface area contributed by atoms with Gasteiger partial charge in [0.1, 0.15) is 6.17 Å². The fourth-order valence-electron chi connectivity index (χ4n) is 3.58. The Labute approximate surface area is 208 Å². The second kappa shape index (κ2) is 10.9. The minimum Gasteiger partial charge on any atom is -0.359 e. The van der Waals surface area contributed by atoms with Crippen molar-refractivity contribution in [3.8, 4) is 0 Å². The predicted octanol–water partition coefficient (Wildman–Crippen LogP) is 1.83. The van der Waals surface area contributed by atoms with Crippen LogP contribution in [0.15, 0.2) is 53.6 Å². The van der Waals surface area contributed by atoms with Gasteiger partial charge in [-0.05, 0) is 51.7 Å². The van der Waals surface area contributed by atoms with E-state index in [-0.39, 0.29) is 12.3 Å². The molecule has 0 amide bonds. The molecule has 0 saturated heterocycles.